The van der Waals surface area contributed by atoms with E-state index in [1.54, 1.807) is 13.8 Å². The van der Waals surface area contributed by atoms with Crippen LogP contribution in [0.2, 0.25) is 0 Å². The molecule has 2 unspecified atom stereocenters. The van der Waals surface area contributed by atoms with E-state index in [0.717, 1.165) is 0 Å². The molecule has 2 atom stereocenters. The molecule has 1 saturated carbocycles. The van der Waals surface area contributed by atoms with E-state index < -0.39 is 23.4 Å². The van der Waals surface area contributed by atoms with Crippen LogP contribution in [-0.2, 0) is 4.79 Å². The van der Waals surface area contributed by atoms with Crippen LogP contribution in [0.3, 0.4) is 0 Å². The average molecular weight is 156 g/mol. The van der Waals surface area contributed by atoms with E-state index in [9.17, 15) is 9.90 Å². The first-order chi connectivity index (χ1) is 4.89. The predicted molar refractivity (Wildman–Crippen MR) is 39.9 cm³/mol. The summed E-state index contributed by atoms with van der Waals surface area (Å²) in [6, 6.07) is 0. The van der Waals surface area contributed by atoms with Crippen LogP contribution < -0.4 is 0 Å². The van der Waals surface area contributed by atoms with Gasteiger partial charge >= 0.3 is 0 Å². The Balaban J connectivity index is 3.06. The lowest BCUT2D eigenvalue weighted by molar-refractivity contribution is -0.132. The molecule has 0 heterocycles. The van der Waals surface area contributed by atoms with Crippen molar-refractivity contribution in [3.63, 3.8) is 0 Å². The first kappa shape index (κ1) is 8.43. The first-order valence-electron chi connectivity index (χ1n) is 3.48. The van der Waals surface area contributed by atoms with Crippen molar-refractivity contribution >= 4 is 5.78 Å². The van der Waals surface area contributed by atoms with Gasteiger partial charge in [0, 0.05) is 5.41 Å². The molecule has 0 amide bonds. The molecule has 0 bridgehead atoms. The molecular weight excluding hydrogens is 144 g/mol. The van der Waals surface area contributed by atoms with Crippen LogP contribution in [-0.4, -0.2) is 28.2 Å². The van der Waals surface area contributed by atoms with Crippen molar-refractivity contribution < 1.29 is 15.0 Å². The summed E-state index contributed by atoms with van der Waals surface area (Å²) in [7, 11) is 0. The summed E-state index contributed by atoms with van der Waals surface area (Å²) >= 11 is 0. The van der Waals surface area contributed by atoms with E-state index in [-0.39, 0.29) is 0 Å². The Kier molecular flexibility index (Phi) is 1.65. The van der Waals surface area contributed by atoms with Gasteiger partial charge in [-0.3, -0.25) is 4.79 Å². The number of aliphatic hydroxyl groups excluding tert-OH is 2. The maximum absolute atomic E-state index is 11.0. The summed E-state index contributed by atoms with van der Waals surface area (Å²) in [5.41, 5.74) is -0.286. The van der Waals surface area contributed by atoms with Gasteiger partial charge in [0.15, 0.2) is 5.78 Å². The van der Waals surface area contributed by atoms with Crippen molar-refractivity contribution in [1.29, 1.82) is 0 Å². The summed E-state index contributed by atoms with van der Waals surface area (Å²) < 4.78 is 0. The van der Waals surface area contributed by atoms with Crippen LogP contribution in [0, 0.1) is 5.41 Å². The fourth-order valence-corrected chi connectivity index (χ4v) is 1.20. The van der Waals surface area contributed by atoms with E-state index in [1.807, 2.05) is 0 Å². The number of ketones is 1. The van der Waals surface area contributed by atoms with Crippen molar-refractivity contribution in [3.05, 3.63) is 12.2 Å². The smallest absolute Gasteiger partial charge is 0.194 e. The molecule has 1 fully saturated rings. The minimum Gasteiger partial charge on any atom is -0.384 e. The quantitative estimate of drug-likeness (QED) is 0.480. The third-order valence-corrected chi connectivity index (χ3v) is 2.38. The lowest BCUT2D eigenvalue weighted by Gasteiger charge is -2.21. The molecular formula is C8H12O3. The normalized spacial score (nSPS) is 36.4. The minimum absolute atomic E-state index is 0.398. The van der Waals surface area contributed by atoms with Gasteiger partial charge in [-0.05, 0) is 5.57 Å². The van der Waals surface area contributed by atoms with Crippen molar-refractivity contribution in [1.82, 2.24) is 0 Å². The van der Waals surface area contributed by atoms with Crippen molar-refractivity contribution in [2.24, 2.45) is 5.41 Å². The fourth-order valence-electron chi connectivity index (χ4n) is 1.20. The molecule has 1 aliphatic rings. The SMILES string of the molecule is C=C1C(O)C(=O)C(O)C1(C)C. The number of carbonyl (C=O) groups excluding carboxylic acids is 1. The molecule has 0 aromatic carbocycles. The molecule has 0 radical (unpaired) electrons. The van der Waals surface area contributed by atoms with Crippen LogP contribution >= 0.6 is 0 Å². The summed E-state index contributed by atoms with van der Waals surface area (Å²) in [4.78, 5) is 11.0. The largest absolute Gasteiger partial charge is 0.384 e. The van der Waals surface area contributed by atoms with Gasteiger partial charge < -0.3 is 10.2 Å². The molecule has 1 aliphatic carbocycles. The topological polar surface area (TPSA) is 57.5 Å². The summed E-state index contributed by atoms with van der Waals surface area (Å²) in [5, 5.41) is 18.5. The van der Waals surface area contributed by atoms with Gasteiger partial charge in [-0.1, -0.05) is 20.4 Å². The minimum atomic E-state index is -1.18. The summed E-state index contributed by atoms with van der Waals surface area (Å²) in [6.07, 6.45) is -2.29. The Morgan fingerprint density at radius 3 is 2.00 bits per heavy atom. The van der Waals surface area contributed by atoms with Crippen LogP contribution in [0.5, 0.6) is 0 Å². The van der Waals surface area contributed by atoms with Crippen molar-refractivity contribution in [2.75, 3.05) is 0 Å². The van der Waals surface area contributed by atoms with Gasteiger partial charge in [-0.2, -0.15) is 0 Å². The molecule has 0 spiro atoms. The third kappa shape index (κ3) is 0.921. The van der Waals surface area contributed by atoms with Gasteiger partial charge in [0.2, 0.25) is 0 Å². The van der Waals surface area contributed by atoms with E-state index in [1.165, 1.54) is 0 Å². The summed E-state index contributed by atoms with van der Waals surface area (Å²) in [5.74, 6) is -0.542. The van der Waals surface area contributed by atoms with Crippen LogP contribution in [0.4, 0.5) is 0 Å². The highest BCUT2D eigenvalue weighted by molar-refractivity contribution is 5.94. The van der Waals surface area contributed by atoms with Crippen molar-refractivity contribution in [2.45, 2.75) is 26.1 Å². The standard InChI is InChI=1S/C8H12O3/c1-4-5(9)6(10)7(11)8(4,2)3/h5,7,9,11H,1H2,2-3H3. The van der Waals surface area contributed by atoms with Crippen molar-refractivity contribution in [3.8, 4) is 0 Å². The number of hydrogen-bond donors (Lipinski definition) is 2. The second-order valence-corrected chi connectivity index (χ2v) is 3.45. The second kappa shape index (κ2) is 2.16. The lowest BCUT2D eigenvalue weighted by Crippen LogP contribution is -2.29. The maximum Gasteiger partial charge on any atom is 0.194 e. The predicted octanol–water partition coefficient (Wildman–Crippen LogP) is -0.127. The maximum atomic E-state index is 11.0. The van der Waals surface area contributed by atoms with E-state index >= 15 is 0 Å². The molecule has 3 nitrogen and oxygen atoms in total. The zero-order chi connectivity index (χ0) is 8.81. The number of hydrogen-bond acceptors (Lipinski definition) is 3. The molecule has 62 valence electrons. The van der Waals surface area contributed by atoms with Gasteiger partial charge in [0.25, 0.3) is 0 Å². The fraction of sp³-hybridized carbons (Fsp3) is 0.625. The van der Waals surface area contributed by atoms with Gasteiger partial charge in [0.05, 0.1) is 0 Å². The molecule has 0 aliphatic heterocycles. The molecule has 0 aromatic rings. The number of carbonyl (C=O) groups is 1. The highest BCUT2D eigenvalue weighted by atomic mass is 16.3. The molecule has 11 heavy (non-hydrogen) atoms. The van der Waals surface area contributed by atoms with Crippen LogP contribution in [0.1, 0.15) is 13.8 Å². The van der Waals surface area contributed by atoms with E-state index in [0.29, 0.717) is 5.57 Å². The summed E-state index contributed by atoms with van der Waals surface area (Å²) in [6.45, 7) is 6.94. The van der Waals surface area contributed by atoms with Gasteiger partial charge in [0.1, 0.15) is 12.2 Å². The number of aliphatic hydroxyl groups is 2. The van der Waals surface area contributed by atoms with Crippen LogP contribution in [0.15, 0.2) is 12.2 Å². The molecule has 1 rings (SSSR count). The Morgan fingerprint density at radius 2 is 1.91 bits per heavy atom. The monoisotopic (exact) mass is 156 g/mol. The average Bonchev–Trinajstić information content (AvgIpc) is 2.06. The zero-order valence-electron chi connectivity index (χ0n) is 6.66. The van der Waals surface area contributed by atoms with E-state index in [2.05, 4.69) is 6.58 Å². The molecule has 3 heteroatoms. The zero-order valence-corrected chi connectivity index (χ0v) is 6.66. The molecule has 2 N–H and O–H groups in total. The Morgan fingerprint density at radius 1 is 1.45 bits per heavy atom. The third-order valence-electron chi connectivity index (χ3n) is 2.38. The first-order valence-corrected chi connectivity index (χ1v) is 3.48. The molecule has 0 aromatic heterocycles. The highest BCUT2D eigenvalue weighted by Gasteiger charge is 2.49. The number of rotatable bonds is 0. The Labute approximate surface area is 65.3 Å². The molecule has 0 saturated heterocycles. The highest BCUT2D eigenvalue weighted by Crippen LogP contribution is 2.39. The Bertz CT molecular complexity index is 217. The lowest BCUT2D eigenvalue weighted by atomic mass is 9.86. The van der Waals surface area contributed by atoms with E-state index in [4.69, 9.17) is 5.11 Å². The van der Waals surface area contributed by atoms with Crippen LogP contribution in [0.25, 0.3) is 0 Å². The number of Topliss-reactive ketones (excluding diaryl/α,β-unsaturated/α-hetero) is 1. The Hall–Kier alpha value is -0.670. The van der Waals surface area contributed by atoms with Gasteiger partial charge in [-0.15, -0.1) is 0 Å². The second-order valence-electron chi connectivity index (χ2n) is 3.45. The van der Waals surface area contributed by atoms with Gasteiger partial charge in [-0.25, -0.2) is 0 Å².